The van der Waals surface area contributed by atoms with Gasteiger partial charge in [-0.15, -0.1) is 0 Å². The highest BCUT2D eigenvalue weighted by molar-refractivity contribution is 6.30. The molecule has 0 aliphatic carbocycles. The monoisotopic (exact) mass is 342 g/mol. The minimum atomic E-state index is -0.806. The number of rotatable bonds is 2. The van der Waals surface area contributed by atoms with Crippen LogP contribution < -0.4 is 10.4 Å². The van der Waals surface area contributed by atoms with E-state index in [1.165, 1.54) is 0 Å². The summed E-state index contributed by atoms with van der Waals surface area (Å²) in [7, 11) is 0. The summed E-state index contributed by atoms with van der Waals surface area (Å²) < 4.78 is 0. The lowest BCUT2D eigenvalue weighted by Crippen LogP contribution is -2.33. The molecule has 0 spiro atoms. The average Bonchev–Trinajstić information content (AvgIpc) is 3.08. The van der Waals surface area contributed by atoms with Crippen molar-refractivity contribution >= 4 is 29.1 Å². The molecule has 2 aromatic carbocycles. The molecule has 2 aromatic rings. The van der Waals surface area contributed by atoms with Crippen molar-refractivity contribution in [3.8, 4) is 0 Å². The molecule has 2 fully saturated rings. The second-order valence-corrected chi connectivity index (χ2v) is 6.50. The number of anilines is 1. The largest absolute Gasteiger partial charge is 0.294 e. The Bertz CT molecular complexity index is 804. The first-order valence-corrected chi connectivity index (χ1v) is 8.05. The average molecular weight is 343 g/mol. The molecule has 24 heavy (non-hydrogen) atoms. The minimum Gasteiger partial charge on any atom is -0.294 e. The van der Waals surface area contributed by atoms with E-state index >= 15 is 0 Å². The molecule has 2 amide bonds. The van der Waals surface area contributed by atoms with E-state index in [-0.39, 0.29) is 11.9 Å². The second kappa shape index (κ2) is 5.61. The number of halogens is 1. The lowest BCUT2D eigenvalue weighted by atomic mass is 9.90. The third-order valence-electron chi connectivity index (χ3n) is 4.45. The lowest BCUT2D eigenvalue weighted by Gasteiger charge is -2.27. The van der Waals surface area contributed by atoms with E-state index in [0.29, 0.717) is 5.02 Å². The molecule has 0 saturated carbocycles. The summed E-state index contributed by atoms with van der Waals surface area (Å²) in [4.78, 5) is 30.2. The van der Waals surface area contributed by atoms with E-state index in [0.717, 1.165) is 16.8 Å². The number of hydrogen-bond donors (Lipinski definition) is 1. The van der Waals surface area contributed by atoms with Crippen molar-refractivity contribution in [1.29, 1.82) is 0 Å². The Balaban J connectivity index is 1.79. The molecule has 5 nitrogen and oxygen atoms in total. The lowest BCUT2D eigenvalue weighted by molar-refractivity contribution is -0.129. The molecule has 2 aliphatic rings. The van der Waals surface area contributed by atoms with Gasteiger partial charge < -0.3 is 0 Å². The highest BCUT2D eigenvalue weighted by Crippen LogP contribution is 2.44. The van der Waals surface area contributed by atoms with Crippen LogP contribution in [0.1, 0.15) is 17.2 Å². The molecule has 6 heteroatoms. The summed E-state index contributed by atoms with van der Waals surface area (Å²) in [6.07, 6.45) is -0.806. The first kappa shape index (κ1) is 15.2. The molecule has 0 radical (unpaired) electrons. The van der Waals surface area contributed by atoms with Crippen molar-refractivity contribution in [3.05, 3.63) is 64.7 Å². The molecule has 122 valence electrons. The van der Waals surface area contributed by atoms with Gasteiger partial charge in [0.1, 0.15) is 5.92 Å². The number of imide groups is 1. The predicted octanol–water partition coefficient (Wildman–Crippen LogP) is 2.78. The fourth-order valence-corrected chi connectivity index (χ4v) is 3.37. The Morgan fingerprint density at radius 3 is 2.33 bits per heavy atom. The van der Waals surface area contributed by atoms with Crippen LogP contribution >= 0.6 is 11.6 Å². The number of nitrogens with zero attached hydrogens (tertiary/aromatic N) is 1. The number of amides is 2. The van der Waals surface area contributed by atoms with Crippen molar-refractivity contribution in [3.63, 3.8) is 0 Å². The number of hydrogen-bond acceptors (Lipinski definition) is 4. The van der Waals surface area contributed by atoms with Crippen LogP contribution in [0.3, 0.4) is 0 Å². The number of nitrogens with one attached hydrogen (secondary N) is 1. The number of hydroxylamine groups is 1. The molecular weight excluding hydrogens is 328 g/mol. The van der Waals surface area contributed by atoms with E-state index in [4.69, 9.17) is 16.4 Å². The summed E-state index contributed by atoms with van der Waals surface area (Å²) in [5.74, 6) is -1.28. The molecule has 0 aromatic heterocycles. The highest BCUT2D eigenvalue weighted by Gasteiger charge is 2.56. The van der Waals surface area contributed by atoms with Crippen LogP contribution in [0.5, 0.6) is 0 Å². The number of fused-ring (bicyclic) bond motifs is 1. The molecule has 0 bridgehead atoms. The third-order valence-corrected chi connectivity index (χ3v) is 4.71. The molecule has 2 heterocycles. The van der Waals surface area contributed by atoms with Gasteiger partial charge in [0.15, 0.2) is 6.10 Å². The van der Waals surface area contributed by atoms with Gasteiger partial charge in [-0.1, -0.05) is 41.4 Å². The molecular formula is C18H15ClN2O3. The van der Waals surface area contributed by atoms with Crippen molar-refractivity contribution in [1.82, 2.24) is 5.32 Å². The van der Waals surface area contributed by atoms with Gasteiger partial charge in [-0.05, 0) is 36.8 Å². The van der Waals surface area contributed by atoms with Crippen LogP contribution in [0.25, 0.3) is 0 Å². The van der Waals surface area contributed by atoms with Crippen molar-refractivity contribution < 1.29 is 14.4 Å². The molecule has 3 unspecified atom stereocenters. The molecule has 2 aliphatic heterocycles. The standard InChI is InChI=1S/C18H15ClN2O3/c1-10-2-8-13(9-3-10)21-15(11-4-6-12(19)7-5-11)14-16(24-21)18(23)20-17(14)22/h2-9,14-16H,1H3,(H,20,22,23). The number of aryl methyl sites for hydroxylation is 1. The Morgan fingerprint density at radius 2 is 1.67 bits per heavy atom. The third kappa shape index (κ3) is 2.37. The quantitative estimate of drug-likeness (QED) is 0.853. The Labute approximate surface area is 144 Å². The van der Waals surface area contributed by atoms with E-state index < -0.39 is 17.9 Å². The highest BCUT2D eigenvalue weighted by atomic mass is 35.5. The first-order valence-electron chi connectivity index (χ1n) is 7.67. The predicted molar refractivity (Wildman–Crippen MR) is 89.4 cm³/mol. The van der Waals surface area contributed by atoms with Crippen molar-refractivity contribution in [2.75, 3.05) is 5.06 Å². The molecule has 1 N–H and O–H groups in total. The Morgan fingerprint density at radius 1 is 1.00 bits per heavy atom. The summed E-state index contributed by atoms with van der Waals surface area (Å²) >= 11 is 5.97. The smallest absolute Gasteiger partial charge is 0.259 e. The van der Waals surface area contributed by atoms with Crippen molar-refractivity contribution in [2.24, 2.45) is 5.92 Å². The maximum atomic E-state index is 12.3. The number of carbonyl (C=O) groups excluding carboxylic acids is 2. The van der Waals surface area contributed by atoms with Gasteiger partial charge in [-0.25, -0.2) is 5.06 Å². The van der Waals surface area contributed by atoms with Crippen LogP contribution in [-0.4, -0.2) is 17.9 Å². The SMILES string of the molecule is Cc1ccc(N2OC3C(=O)NC(=O)C3C2c2ccc(Cl)cc2)cc1. The van der Waals surface area contributed by atoms with Gasteiger partial charge >= 0.3 is 0 Å². The Hall–Kier alpha value is -2.37. The zero-order chi connectivity index (χ0) is 16.8. The minimum absolute atomic E-state index is 0.306. The van der Waals surface area contributed by atoms with Crippen LogP contribution in [0.2, 0.25) is 5.02 Å². The van der Waals surface area contributed by atoms with E-state index in [1.54, 1.807) is 17.2 Å². The fraction of sp³-hybridized carbons (Fsp3) is 0.222. The van der Waals surface area contributed by atoms with Crippen molar-refractivity contribution in [2.45, 2.75) is 19.1 Å². The zero-order valence-corrected chi connectivity index (χ0v) is 13.7. The van der Waals surface area contributed by atoms with Gasteiger partial charge in [-0.2, -0.15) is 0 Å². The topological polar surface area (TPSA) is 58.6 Å². The fourth-order valence-electron chi connectivity index (χ4n) is 3.25. The summed E-state index contributed by atoms with van der Waals surface area (Å²) in [6.45, 7) is 2.00. The van der Waals surface area contributed by atoms with Crippen LogP contribution in [0.4, 0.5) is 5.69 Å². The number of carbonyl (C=O) groups is 2. The van der Waals surface area contributed by atoms with Crippen LogP contribution in [0.15, 0.2) is 48.5 Å². The van der Waals surface area contributed by atoms with Gasteiger partial charge in [0.2, 0.25) is 5.91 Å². The van der Waals surface area contributed by atoms with Gasteiger partial charge in [0.25, 0.3) is 5.91 Å². The molecule has 3 atom stereocenters. The zero-order valence-electron chi connectivity index (χ0n) is 12.9. The van der Waals surface area contributed by atoms with Gasteiger partial charge in [0, 0.05) is 5.02 Å². The molecule has 2 saturated heterocycles. The van der Waals surface area contributed by atoms with Gasteiger partial charge in [-0.3, -0.25) is 19.7 Å². The van der Waals surface area contributed by atoms with E-state index in [9.17, 15) is 9.59 Å². The summed E-state index contributed by atoms with van der Waals surface area (Å²) in [6, 6.07) is 14.6. The van der Waals surface area contributed by atoms with Crippen LogP contribution in [-0.2, 0) is 14.4 Å². The van der Waals surface area contributed by atoms with Crippen LogP contribution in [0, 0.1) is 12.8 Å². The first-order chi connectivity index (χ1) is 11.5. The summed E-state index contributed by atoms with van der Waals surface area (Å²) in [5.41, 5.74) is 2.79. The van der Waals surface area contributed by atoms with E-state index in [2.05, 4.69) is 5.32 Å². The second-order valence-electron chi connectivity index (χ2n) is 6.06. The molecule has 4 rings (SSSR count). The maximum Gasteiger partial charge on any atom is 0.259 e. The van der Waals surface area contributed by atoms with E-state index in [1.807, 2.05) is 43.3 Å². The maximum absolute atomic E-state index is 12.3. The number of benzene rings is 2. The Kier molecular flexibility index (Phi) is 3.55. The summed E-state index contributed by atoms with van der Waals surface area (Å²) in [5, 5.41) is 4.63. The van der Waals surface area contributed by atoms with Gasteiger partial charge in [0.05, 0.1) is 11.7 Å². The normalized spacial score (nSPS) is 25.8.